The fraction of sp³-hybridized carbons (Fsp3) is 0.615. The molecule has 0 aromatic carbocycles. The number of rotatable bonds is 5. The maximum atomic E-state index is 9.10. The monoisotopic (exact) mass is 220 g/mol. The van der Waals surface area contributed by atoms with E-state index >= 15 is 0 Å². The second kappa shape index (κ2) is 4.83. The van der Waals surface area contributed by atoms with Crippen molar-refractivity contribution in [2.45, 2.75) is 39.3 Å². The van der Waals surface area contributed by atoms with E-state index in [9.17, 15) is 0 Å². The van der Waals surface area contributed by atoms with Crippen molar-refractivity contribution in [2.24, 2.45) is 5.92 Å². The predicted molar refractivity (Wildman–Crippen MR) is 65.4 cm³/mol. The summed E-state index contributed by atoms with van der Waals surface area (Å²) in [6.45, 7) is 5.49. The molecule has 0 spiro atoms. The van der Waals surface area contributed by atoms with Gasteiger partial charge >= 0.3 is 0 Å². The second-order valence-electron chi connectivity index (χ2n) is 4.83. The van der Waals surface area contributed by atoms with E-state index in [0.717, 1.165) is 24.0 Å². The van der Waals surface area contributed by atoms with Gasteiger partial charge in [-0.15, -0.1) is 0 Å². The van der Waals surface area contributed by atoms with Crippen LogP contribution in [0.4, 0.5) is 5.82 Å². The van der Waals surface area contributed by atoms with E-state index in [2.05, 4.69) is 23.7 Å². The van der Waals surface area contributed by atoms with Crippen LogP contribution in [0.3, 0.4) is 0 Å². The Hall–Kier alpha value is -1.09. The zero-order valence-electron chi connectivity index (χ0n) is 10.1. The maximum absolute atomic E-state index is 9.10. The summed E-state index contributed by atoms with van der Waals surface area (Å²) in [6, 6.07) is 6.32. The first-order chi connectivity index (χ1) is 7.70. The van der Waals surface area contributed by atoms with E-state index in [-0.39, 0.29) is 6.61 Å². The molecule has 0 atom stereocenters. The van der Waals surface area contributed by atoms with E-state index in [1.165, 1.54) is 12.8 Å². The highest BCUT2D eigenvalue weighted by atomic mass is 16.3. The van der Waals surface area contributed by atoms with Gasteiger partial charge in [-0.2, -0.15) is 0 Å². The van der Waals surface area contributed by atoms with Crippen LogP contribution in [0.25, 0.3) is 0 Å². The van der Waals surface area contributed by atoms with Gasteiger partial charge in [-0.05, 0) is 44.7 Å². The van der Waals surface area contributed by atoms with E-state index < -0.39 is 0 Å². The first kappa shape index (κ1) is 11.4. The summed E-state index contributed by atoms with van der Waals surface area (Å²) >= 11 is 0. The summed E-state index contributed by atoms with van der Waals surface area (Å²) < 4.78 is 0. The topological polar surface area (TPSA) is 36.4 Å². The Labute approximate surface area is 97.1 Å². The van der Waals surface area contributed by atoms with Crippen LogP contribution >= 0.6 is 0 Å². The van der Waals surface area contributed by atoms with Crippen molar-refractivity contribution in [1.29, 1.82) is 0 Å². The molecule has 3 heteroatoms. The van der Waals surface area contributed by atoms with Crippen LogP contribution in [0, 0.1) is 5.92 Å². The van der Waals surface area contributed by atoms with Crippen LogP contribution in [0.15, 0.2) is 18.2 Å². The van der Waals surface area contributed by atoms with Crippen LogP contribution < -0.4 is 4.90 Å². The summed E-state index contributed by atoms with van der Waals surface area (Å²) in [5, 5.41) is 9.10. The molecule has 0 bridgehead atoms. The van der Waals surface area contributed by atoms with Gasteiger partial charge in [0, 0.05) is 12.6 Å². The first-order valence-corrected chi connectivity index (χ1v) is 6.04. The standard InChI is InChI=1S/C13H20N2O/c1-10(2)15(8-11-6-7-11)13-5-3-4-12(9-16)14-13/h3-5,10-11,16H,6-9H2,1-2H3. The number of hydrogen-bond acceptors (Lipinski definition) is 3. The Bertz CT molecular complexity index is 348. The lowest BCUT2D eigenvalue weighted by molar-refractivity contribution is 0.277. The Balaban J connectivity index is 2.15. The molecule has 0 aliphatic heterocycles. The minimum Gasteiger partial charge on any atom is -0.390 e. The summed E-state index contributed by atoms with van der Waals surface area (Å²) in [4.78, 5) is 6.80. The molecule has 1 fully saturated rings. The number of anilines is 1. The number of aromatic nitrogens is 1. The molecular formula is C13H20N2O. The normalized spacial score (nSPS) is 15.5. The molecule has 0 radical (unpaired) electrons. The molecule has 1 aromatic heterocycles. The molecule has 3 nitrogen and oxygen atoms in total. The number of aliphatic hydroxyl groups excluding tert-OH is 1. The lowest BCUT2D eigenvalue weighted by Gasteiger charge is -2.28. The van der Waals surface area contributed by atoms with Crippen molar-refractivity contribution in [3.05, 3.63) is 23.9 Å². The van der Waals surface area contributed by atoms with E-state index in [0.29, 0.717) is 6.04 Å². The highest BCUT2D eigenvalue weighted by Gasteiger charge is 2.26. The Morgan fingerprint density at radius 3 is 2.75 bits per heavy atom. The lowest BCUT2D eigenvalue weighted by atomic mass is 10.2. The lowest BCUT2D eigenvalue weighted by Crippen LogP contribution is -2.33. The van der Waals surface area contributed by atoms with Crippen molar-refractivity contribution >= 4 is 5.82 Å². The largest absolute Gasteiger partial charge is 0.390 e. The van der Waals surface area contributed by atoms with Crippen LogP contribution in [0.1, 0.15) is 32.4 Å². The molecule has 1 aliphatic rings. The Kier molecular flexibility index (Phi) is 3.44. The second-order valence-corrected chi connectivity index (χ2v) is 4.83. The number of pyridine rings is 1. The molecule has 1 aliphatic carbocycles. The fourth-order valence-electron chi connectivity index (χ4n) is 1.86. The van der Waals surface area contributed by atoms with Gasteiger partial charge in [0.1, 0.15) is 5.82 Å². The maximum Gasteiger partial charge on any atom is 0.129 e. The molecule has 16 heavy (non-hydrogen) atoms. The molecule has 2 rings (SSSR count). The Morgan fingerprint density at radius 2 is 2.19 bits per heavy atom. The first-order valence-electron chi connectivity index (χ1n) is 6.04. The zero-order valence-corrected chi connectivity index (χ0v) is 10.1. The summed E-state index contributed by atoms with van der Waals surface area (Å²) in [7, 11) is 0. The molecule has 1 saturated carbocycles. The SMILES string of the molecule is CC(C)N(CC1CC1)c1cccc(CO)n1. The summed E-state index contributed by atoms with van der Waals surface area (Å²) in [6.07, 6.45) is 2.70. The molecule has 0 amide bonds. The van der Waals surface area contributed by atoms with Crippen molar-refractivity contribution in [3.63, 3.8) is 0 Å². The van der Waals surface area contributed by atoms with Crippen LogP contribution in [0.2, 0.25) is 0 Å². The highest BCUT2D eigenvalue weighted by Crippen LogP contribution is 2.31. The van der Waals surface area contributed by atoms with Gasteiger partial charge in [-0.25, -0.2) is 4.98 Å². The van der Waals surface area contributed by atoms with Gasteiger partial charge in [-0.3, -0.25) is 0 Å². The van der Waals surface area contributed by atoms with E-state index in [1.54, 1.807) is 0 Å². The van der Waals surface area contributed by atoms with Gasteiger partial charge in [0.2, 0.25) is 0 Å². The quantitative estimate of drug-likeness (QED) is 0.826. The zero-order chi connectivity index (χ0) is 11.5. The van der Waals surface area contributed by atoms with Gasteiger partial charge in [0.15, 0.2) is 0 Å². The van der Waals surface area contributed by atoms with Gasteiger partial charge in [-0.1, -0.05) is 6.07 Å². The average molecular weight is 220 g/mol. The van der Waals surface area contributed by atoms with Gasteiger partial charge in [0.25, 0.3) is 0 Å². The number of nitrogens with zero attached hydrogens (tertiary/aromatic N) is 2. The minimum absolute atomic E-state index is 0.0171. The number of hydrogen-bond donors (Lipinski definition) is 1. The average Bonchev–Trinajstić information content (AvgIpc) is 3.09. The summed E-state index contributed by atoms with van der Waals surface area (Å²) in [5.41, 5.74) is 0.749. The fourth-order valence-corrected chi connectivity index (χ4v) is 1.86. The van der Waals surface area contributed by atoms with Crippen molar-refractivity contribution in [1.82, 2.24) is 4.98 Å². The summed E-state index contributed by atoms with van der Waals surface area (Å²) in [5.74, 6) is 1.84. The van der Waals surface area contributed by atoms with Crippen LogP contribution in [-0.4, -0.2) is 22.7 Å². The van der Waals surface area contributed by atoms with Gasteiger partial charge in [0.05, 0.1) is 12.3 Å². The van der Waals surface area contributed by atoms with E-state index in [4.69, 9.17) is 5.11 Å². The number of aliphatic hydroxyl groups is 1. The third-order valence-corrected chi connectivity index (χ3v) is 3.02. The predicted octanol–water partition coefficient (Wildman–Crippen LogP) is 2.20. The smallest absolute Gasteiger partial charge is 0.129 e. The Morgan fingerprint density at radius 1 is 1.44 bits per heavy atom. The molecular weight excluding hydrogens is 200 g/mol. The highest BCUT2D eigenvalue weighted by molar-refractivity contribution is 5.40. The molecule has 1 aromatic rings. The van der Waals surface area contributed by atoms with Crippen molar-refractivity contribution in [2.75, 3.05) is 11.4 Å². The molecule has 0 saturated heterocycles. The minimum atomic E-state index is 0.0171. The third-order valence-electron chi connectivity index (χ3n) is 3.02. The molecule has 88 valence electrons. The van der Waals surface area contributed by atoms with Crippen molar-refractivity contribution < 1.29 is 5.11 Å². The molecule has 0 unspecified atom stereocenters. The van der Waals surface area contributed by atoms with Crippen molar-refractivity contribution in [3.8, 4) is 0 Å². The third kappa shape index (κ3) is 2.73. The van der Waals surface area contributed by atoms with Crippen LogP contribution in [0.5, 0.6) is 0 Å². The van der Waals surface area contributed by atoms with Gasteiger partial charge < -0.3 is 10.0 Å². The molecule has 1 heterocycles. The van der Waals surface area contributed by atoms with Crippen LogP contribution in [-0.2, 0) is 6.61 Å². The molecule has 1 N–H and O–H groups in total. The van der Waals surface area contributed by atoms with E-state index in [1.807, 2.05) is 18.2 Å².